The average Bonchev–Trinajstić information content (AvgIpc) is 2.38. The summed E-state index contributed by atoms with van der Waals surface area (Å²) in [6.45, 7) is 6.18. The van der Waals surface area contributed by atoms with E-state index in [1.54, 1.807) is 25.7 Å². The van der Waals surface area contributed by atoms with E-state index in [2.05, 4.69) is 0 Å². The van der Waals surface area contributed by atoms with Crippen molar-refractivity contribution >= 4 is 17.8 Å². The van der Waals surface area contributed by atoms with Gasteiger partial charge in [-0.05, 0) is 33.6 Å². The number of aliphatic carboxylic acids is 1. The number of carbonyl (C=O) groups is 3. The summed E-state index contributed by atoms with van der Waals surface area (Å²) >= 11 is 0. The van der Waals surface area contributed by atoms with Crippen molar-refractivity contribution in [2.24, 2.45) is 11.3 Å². The minimum atomic E-state index is -1.06. The second-order valence-electron chi connectivity index (χ2n) is 5.77. The maximum absolute atomic E-state index is 12.1. The Balaban J connectivity index is 2.47. The lowest BCUT2D eigenvalue weighted by Crippen LogP contribution is -2.43. The predicted molar refractivity (Wildman–Crippen MR) is 72.0 cm³/mol. The summed E-state index contributed by atoms with van der Waals surface area (Å²) in [5, 5.41) is 9.03. The van der Waals surface area contributed by atoms with E-state index in [1.165, 1.54) is 0 Å². The smallest absolute Gasteiger partial charge is 0.309 e. The Bertz CT molecular complexity index is 383. The number of likely N-dealkylation sites (tertiary alicyclic amines) is 1. The number of carboxylic acid groups (broad SMARTS) is 1. The second kappa shape index (κ2) is 6.72. The van der Waals surface area contributed by atoms with Crippen molar-refractivity contribution in [1.29, 1.82) is 0 Å². The number of hydrogen-bond acceptors (Lipinski definition) is 4. The number of piperidine rings is 1. The van der Waals surface area contributed by atoms with Crippen molar-refractivity contribution in [1.82, 2.24) is 4.90 Å². The van der Waals surface area contributed by atoms with Gasteiger partial charge in [-0.3, -0.25) is 14.4 Å². The van der Waals surface area contributed by atoms with Crippen LogP contribution in [0, 0.1) is 11.3 Å². The maximum Gasteiger partial charge on any atom is 0.309 e. The molecular formula is C14H23NO5. The molecular weight excluding hydrogens is 262 g/mol. The van der Waals surface area contributed by atoms with Gasteiger partial charge in [0.1, 0.15) is 0 Å². The van der Waals surface area contributed by atoms with Crippen LogP contribution in [-0.2, 0) is 19.1 Å². The minimum Gasteiger partial charge on any atom is -0.481 e. The zero-order valence-corrected chi connectivity index (χ0v) is 12.3. The Morgan fingerprint density at radius 3 is 2.25 bits per heavy atom. The highest BCUT2D eigenvalue weighted by Gasteiger charge is 2.34. The van der Waals surface area contributed by atoms with Crippen LogP contribution in [0.5, 0.6) is 0 Å². The molecule has 0 unspecified atom stereocenters. The molecule has 0 spiro atoms. The van der Waals surface area contributed by atoms with E-state index in [0.29, 0.717) is 32.5 Å². The molecule has 1 rings (SSSR count). The van der Waals surface area contributed by atoms with Crippen LogP contribution < -0.4 is 0 Å². The summed E-state index contributed by atoms with van der Waals surface area (Å²) < 4.78 is 4.97. The second-order valence-corrected chi connectivity index (χ2v) is 5.77. The molecule has 0 aromatic heterocycles. The number of rotatable bonds is 5. The Hall–Kier alpha value is -1.59. The van der Waals surface area contributed by atoms with E-state index in [4.69, 9.17) is 9.84 Å². The summed E-state index contributed by atoms with van der Waals surface area (Å²) in [7, 11) is 0. The monoisotopic (exact) mass is 285 g/mol. The molecule has 1 saturated heterocycles. The van der Waals surface area contributed by atoms with Crippen LogP contribution in [0.1, 0.15) is 40.0 Å². The number of hydrogen-bond donors (Lipinski definition) is 1. The first kappa shape index (κ1) is 16.5. The van der Waals surface area contributed by atoms with Crippen LogP contribution in [0.2, 0.25) is 0 Å². The van der Waals surface area contributed by atoms with E-state index < -0.39 is 11.4 Å². The SMILES string of the molecule is CCOC(=O)C1CCN(C(=O)CC(C)(C)C(=O)O)CC1. The number of esters is 1. The molecule has 1 amide bonds. The lowest BCUT2D eigenvalue weighted by molar-refractivity contribution is -0.153. The fourth-order valence-electron chi connectivity index (χ4n) is 2.19. The minimum absolute atomic E-state index is 0.0214. The van der Waals surface area contributed by atoms with E-state index in [9.17, 15) is 14.4 Å². The molecule has 0 saturated carbocycles. The molecule has 0 bridgehead atoms. The summed E-state index contributed by atoms with van der Waals surface area (Å²) in [5.41, 5.74) is -1.06. The summed E-state index contributed by atoms with van der Waals surface area (Å²) in [4.78, 5) is 36.3. The van der Waals surface area contributed by atoms with Crippen LogP contribution in [0.15, 0.2) is 0 Å². The molecule has 0 aliphatic carbocycles. The molecule has 0 atom stereocenters. The van der Waals surface area contributed by atoms with Crippen LogP contribution in [0.3, 0.4) is 0 Å². The van der Waals surface area contributed by atoms with E-state index >= 15 is 0 Å². The van der Waals surface area contributed by atoms with E-state index in [-0.39, 0.29) is 24.2 Å². The largest absolute Gasteiger partial charge is 0.481 e. The Labute approximate surface area is 119 Å². The van der Waals surface area contributed by atoms with Crippen LogP contribution in [0.4, 0.5) is 0 Å². The third kappa shape index (κ3) is 4.21. The van der Waals surface area contributed by atoms with Crippen molar-refractivity contribution in [3.63, 3.8) is 0 Å². The van der Waals surface area contributed by atoms with Gasteiger partial charge in [-0.1, -0.05) is 0 Å². The van der Waals surface area contributed by atoms with Gasteiger partial charge in [0.05, 0.1) is 17.9 Å². The fraction of sp³-hybridized carbons (Fsp3) is 0.786. The molecule has 0 aromatic carbocycles. The predicted octanol–water partition coefficient (Wildman–Crippen LogP) is 1.29. The number of carbonyl (C=O) groups excluding carboxylic acids is 2. The van der Waals surface area contributed by atoms with Crippen molar-refractivity contribution in [3.05, 3.63) is 0 Å². The molecule has 6 heteroatoms. The Morgan fingerprint density at radius 1 is 1.25 bits per heavy atom. The van der Waals surface area contributed by atoms with Crippen molar-refractivity contribution in [3.8, 4) is 0 Å². The van der Waals surface area contributed by atoms with Gasteiger partial charge in [0.15, 0.2) is 0 Å². The van der Waals surface area contributed by atoms with Crippen LogP contribution in [-0.4, -0.2) is 47.5 Å². The van der Waals surface area contributed by atoms with Crippen molar-refractivity contribution in [2.45, 2.75) is 40.0 Å². The maximum atomic E-state index is 12.1. The number of ether oxygens (including phenoxy) is 1. The summed E-state index contributed by atoms with van der Waals surface area (Å²) in [6, 6.07) is 0. The summed E-state index contributed by atoms with van der Waals surface area (Å²) in [5.74, 6) is -1.50. The first-order valence-corrected chi connectivity index (χ1v) is 6.95. The van der Waals surface area contributed by atoms with Crippen molar-refractivity contribution < 1.29 is 24.2 Å². The molecule has 114 valence electrons. The molecule has 6 nitrogen and oxygen atoms in total. The van der Waals surface area contributed by atoms with Crippen molar-refractivity contribution in [2.75, 3.05) is 19.7 Å². The zero-order valence-electron chi connectivity index (χ0n) is 12.3. The molecule has 1 heterocycles. The van der Waals surface area contributed by atoms with E-state index in [1.807, 2.05) is 0 Å². The standard InChI is InChI=1S/C14H23NO5/c1-4-20-12(17)10-5-7-15(8-6-10)11(16)9-14(2,3)13(18)19/h10H,4-9H2,1-3H3,(H,18,19). The van der Waals surface area contributed by atoms with Gasteiger partial charge >= 0.3 is 11.9 Å². The lowest BCUT2D eigenvalue weighted by atomic mass is 9.88. The van der Waals surface area contributed by atoms with Gasteiger partial charge in [-0.25, -0.2) is 0 Å². The molecule has 0 aromatic rings. The average molecular weight is 285 g/mol. The van der Waals surface area contributed by atoms with Crippen LogP contribution >= 0.6 is 0 Å². The number of amides is 1. The summed E-state index contributed by atoms with van der Waals surface area (Å²) in [6.07, 6.45) is 1.14. The Morgan fingerprint density at radius 2 is 1.80 bits per heavy atom. The van der Waals surface area contributed by atoms with Gasteiger partial charge in [0, 0.05) is 19.5 Å². The van der Waals surface area contributed by atoms with Gasteiger partial charge in [-0.15, -0.1) is 0 Å². The molecule has 0 radical (unpaired) electrons. The van der Waals surface area contributed by atoms with E-state index in [0.717, 1.165) is 0 Å². The fourth-order valence-corrected chi connectivity index (χ4v) is 2.19. The van der Waals surface area contributed by atoms with Gasteiger partial charge in [-0.2, -0.15) is 0 Å². The first-order valence-electron chi connectivity index (χ1n) is 6.95. The highest BCUT2D eigenvalue weighted by Crippen LogP contribution is 2.24. The zero-order chi connectivity index (χ0) is 15.3. The Kier molecular flexibility index (Phi) is 5.53. The van der Waals surface area contributed by atoms with Crippen LogP contribution in [0.25, 0.3) is 0 Å². The first-order chi connectivity index (χ1) is 9.27. The number of carboxylic acids is 1. The third-order valence-electron chi connectivity index (χ3n) is 3.64. The third-order valence-corrected chi connectivity index (χ3v) is 3.64. The molecule has 1 N–H and O–H groups in total. The molecule has 1 aliphatic heterocycles. The topological polar surface area (TPSA) is 83.9 Å². The highest BCUT2D eigenvalue weighted by molar-refractivity contribution is 5.84. The molecule has 1 aliphatic rings. The molecule has 1 fully saturated rings. The van der Waals surface area contributed by atoms with Gasteiger partial charge < -0.3 is 14.7 Å². The number of nitrogens with zero attached hydrogens (tertiary/aromatic N) is 1. The normalized spacial score (nSPS) is 16.9. The quantitative estimate of drug-likeness (QED) is 0.769. The van der Waals surface area contributed by atoms with Gasteiger partial charge in [0.2, 0.25) is 5.91 Å². The lowest BCUT2D eigenvalue weighted by Gasteiger charge is -2.32. The highest BCUT2D eigenvalue weighted by atomic mass is 16.5. The molecule has 20 heavy (non-hydrogen) atoms. The van der Waals surface area contributed by atoms with Gasteiger partial charge in [0.25, 0.3) is 0 Å².